The van der Waals surface area contributed by atoms with Crippen molar-refractivity contribution < 1.29 is 18.0 Å². The maximum Gasteiger partial charge on any atom is 0.251 e. The van der Waals surface area contributed by atoms with Crippen LogP contribution in [-0.4, -0.2) is 26.0 Å². The summed E-state index contributed by atoms with van der Waals surface area (Å²) in [5, 5.41) is 3.40. The normalized spacial score (nSPS) is 18.8. The van der Waals surface area contributed by atoms with Crippen LogP contribution in [0.1, 0.15) is 22.8 Å². The summed E-state index contributed by atoms with van der Waals surface area (Å²) in [6.45, 7) is 1.92. The number of halogens is 1. The van der Waals surface area contributed by atoms with E-state index < -0.39 is 21.8 Å². The number of hydrogen-bond acceptors (Lipinski definition) is 4. The highest BCUT2D eigenvalue weighted by Crippen LogP contribution is 2.28. The predicted octanol–water partition coefficient (Wildman–Crippen LogP) is 2.58. The van der Waals surface area contributed by atoms with E-state index in [4.69, 9.17) is 11.6 Å². The highest BCUT2D eigenvalue weighted by Gasteiger charge is 2.41. The van der Waals surface area contributed by atoms with Gasteiger partial charge in [0.2, 0.25) is 15.9 Å². The number of carbonyl (C=O) groups excluding carboxylic acids is 2. The van der Waals surface area contributed by atoms with Crippen molar-refractivity contribution in [2.45, 2.75) is 13.5 Å². The van der Waals surface area contributed by atoms with Crippen molar-refractivity contribution in [3.8, 4) is 0 Å². The lowest BCUT2D eigenvalue weighted by atomic mass is 10.1. The third kappa shape index (κ3) is 3.73. The van der Waals surface area contributed by atoms with Gasteiger partial charge in [-0.3, -0.25) is 9.59 Å². The van der Waals surface area contributed by atoms with E-state index in [-0.39, 0.29) is 17.3 Å². The first-order valence-electron chi connectivity index (χ1n) is 7.97. The molecule has 1 fully saturated rings. The minimum Gasteiger partial charge on any atom is -0.348 e. The third-order valence-corrected chi connectivity index (χ3v) is 6.21. The van der Waals surface area contributed by atoms with Crippen LogP contribution in [0.25, 0.3) is 0 Å². The Morgan fingerprint density at radius 2 is 1.77 bits per heavy atom. The predicted molar refractivity (Wildman–Crippen MR) is 99.5 cm³/mol. The molecule has 0 aliphatic carbocycles. The molecule has 1 heterocycles. The number of rotatable bonds is 4. The molecule has 0 unspecified atom stereocenters. The summed E-state index contributed by atoms with van der Waals surface area (Å²) in [6.07, 6.45) is 0. The number of amides is 2. The van der Waals surface area contributed by atoms with Gasteiger partial charge in [-0.1, -0.05) is 30.7 Å². The van der Waals surface area contributed by atoms with E-state index in [2.05, 4.69) is 5.32 Å². The second kappa shape index (κ2) is 7.09. The lowest BCUT2D eigenvalue weighted by molar-refractivity contribution is -0.119. The van der Waals surface area contributed by atoms with E-state index in [0.29, 0.717) is 17.1 Å². The average molecular weight is 393 g/mol. The zero-order valence-electron chi connectivity index (χ0n) is 14.0. The topological polar surface area (TPSA) is 83.6 Å². The fraction of sp³-hybridized carbons (Fsp3) is 0.222. The molecule has 26 heavy (non-hydrogen) atoms. The first-order valence-corrected chi connectivity index (χ1v) is 9.96. The molecule has 1 saturated heterocycles. The molecule has 3 rings (SSSR count). The van der Waals surface area contributed by atoms with Crippen LogP contribution in [0.3, 0.4) is 0 Å². The van der Waals surface area contributed by atoms with Gasteiger partial charge in [0.15, 0.2) is 0 Å². The molecular weight excluding hydrogens is 376 g/mol. The van der Waals surface area contributed by atoms with Crippen molar-refractivity contribution in [3.05, 3.63) is 64.7 Å². The summed E-state index contributed by atoms with van der Waals surface area (Å²) in [5.41, 5.74) is 1.52. The largest absolute Gasteiger partial charge is 0.348 e. The monoisotopic (exact) mass is 392 g/mol. The van der Waals surface area contributed by atoms with Crippen LogP contribution < -0.4 is 9.62 Å². The SMILES string of the molecule is C[C@H]1CS(=O)(=O)N(c2ccc(C(=O)NCc3ccc(Cl)cc3)cc2)C1=O. The number of nitrogens with zero attached hydrogens (tertiary/aromatic N) is 1. The maximum absolute atomic E-state index is 12.2. The molecule has 2 aromatic rings. The van der Waals surface area contributed by atoms with E-state index >= 15 is 0 Å². The molecule has 0 aromatic heterocycles. The van der Waals surface area contributed by atoms with Gasteiger partial charge in [-0.2, -0.15) is 0 Å². The van der Waals surface area contributed by atoms with Gasteiger partial charge in [-0.05, 0) is 42.0 Å². The Morgan fingerprint density at radius 1 is 1.15 bits per heavy atom. The van der Waals surface area contributed by atoms with Crippen molar-refractivity contribution in [3.63, 3.8) is 0 Å². The number of carbonyl (C=O) groups is 2. The maximum atomic E-state index is 12.2. The van der Waals surface area contributed by atoms with Gasteiger partial charge in [-0.25, -0.2) is 12.7 Å². The Balaban J connectivity index is 1.70. The first-order chi connectivity index (χ1) is 12.3. The van der Waals surface area contributed by atoms with Crippen LogP contribution in [-0.2, 0) is 21.4 Å². The number of anilines is 1. The summed E-state index contributed by atoms with van der Waals surface area (Å²) in [6, 6.07) is 13.0. The molecule has 1 N–H and O–H groups in total. The van der Waals surface area contributed by atoms with Crippen LogP contribution >= 0.6 is 11.6 Å². The Bertz CT molecular complexity index is 940. The zero-order chi connectivity index (χ0) is 18.9. The summed E-state index contributed by atoms with van der Waals surface area (Å²) >= 11 is 5.82. The van der Waals surface area contributed by atoms with Gasteiger partial charge < -0.3 is 5.32 Å². The second-order valence-electron chi connectivity index (χ2n) is 6.14. The van der Waals surface area contributed by atoms with Gasteiger partial charge in [0.25, 0.3) is 5.91 Å². The van der Waals surface area contributed by atoms with Crippen molar-refractivity contribution in [1.82, 2.24) is 5.32 Å². The molecule has 136 valence electrons. The van der Waals surface area contributed by atoms with E-state index in [1.165, 1.54) is 24.3 Å². The molecule has 1 aliphatic heterocycles. The molecule has 0 saturated carbocycles. The lowest BCUT2D eigenvalue weighted by Gasteiger charge is -2.15. The fourth-order valence-electron chi connectivity index (χ4n) is 2.72. The van der Waals surface area contributed by atoms with Crippen molar-refractivity contribution in [1.29, 1.82) is 0 Å². The van der Waals surface area contributed by atoms with Crippen LogP contribution in [0, 0.1) is 5.92 Å². The Labute approximate surface area is 156 Å². The van der Waals surface area contributed by atoms with Crippen LogP contribution in [0.15, 0.2) is 48.5 Å². The van der Waals surface area contributed by atoms with Crippen LogP contribution in [0.4, 0.5) is 5.69 Å². The summed E-state index contributed by atoms with van der Waals surface area (Å²) in [5.74, 6) is -1.52. The van der Waals surface area contributed by atoms with Gasteiger partial charge in [-0.15, -0.1) is 0 Å². The summed E-state index contributed by atoms with van der Waals surface area (Å²) in [7, 11) is -3.65. The van der Waals surface area contributed by atoms with Gasteiger partial charge in [0.05, 0.1) is 17.4 Å². The highest BCUT2D eigenvalue weighted by atomic mass is 35.5. The first kappa shape index (κ1) is 18.4. The van der Waals surface area contributed by atoms with Gasteiger partial charge >= 0.3 is 0 Å². The van der Waals surface area contributed by atoms with Gasteiger partial charge in [0, 0.05) is 17.1 Å². The smallest absolute Gasteiger partial charge is 0.251 e. The second-order valence-corrected chi connectivity index (χ2v) is 8.44. The summed E-state index contributed by atoms with van der Waals surface area (Å²) < 4.78 is 25.0. The molecule has 2 amide bonds. The third-order valence-electron chi connectivity index (χ3n) is 4.09. The number of hydrogen-bond donors (Lipinski definition) is 1. The number of sulfonamides is 1. The summed E-state index contributed by atoms with van der Waals surface area (Å²) in [4.78, 5) is 24.3. The zero-order valence-corrected chi connectivity index (χ0v) is 15.5. The minimum atomic E-state index is -3.65. The van der Waals surface area contributed by atoms with E-state index in [0.717, 1.165) is 9.87 Å². The number of benzene rings is 2. The lowest BCUT2D eigenvalue weighted by Crippen LogP contribution is -2.30. The molecule has 0 spiro atoms. The number of nitrogens with one attached hydrogen (secondary N) is 1. The Kier molecular flexibility index (Phi) is 5.02. The molecule has 6 nitrogen and oxygen atoms in total. The molecule has 1 aliphatic rings. The van der Waals surface area contributed by atoms with Crippen molar-refractivity contribution in [2.24, 2.45) is 5.92 Å². The Hall–Kier alpha value is -2.38. The quantitative estimate of drug-likeness (QED) is 0.866. The van der Waals surface area contributed by atoms with E-state index in [1.54, 1.807) is 19.1 Å². The van der Waals surface area contributed by atoms with Crippen LogP contribution in [0.5, 0.6) is 0 Å². The highest BCUT2D eigenvalue weighted by molar-refractivity contribution is 7.94. The molecule has 8 heteroatoms. The molecule has 1 atom stereocenters. The van der Waals surface area contributed by atoms with Crippen molar-refractivity contribution in [2.75, 3.05) is 10.1 Å². The standard InChI is InChI=1S/C18H17ClN2O4S/c1-12-11-26(24,25)21(18(12)23)16-8-4-14(5-9-16)17(22)20-10-13-2-6-15(19)7-3-13/h2-9,12H,10-11H2,1H3,(H,20,22)/t12-/m0/s1. The van der Waals surface area contributed by atoms with Crippen LogP contribution in [0.2, 0.25) is 5.02 Å². The minimum absolute atomic E-state index is 0.199. The molecule has 0 radical (unpaired) electrons. The Morgan fingerprint density at radius 3 is 2.31 bits per heavy atom. The molecule has 2 aromatic carbocycles. The van der Waals surface area contributed by atoms with Gasteiger partial charge in [0.1, 0.15) is 0 Å². The molecule has 0 bridgehead atoms. The fourth-order valence-corrected chi connectivity index (χ4v) is 4.67. The van der Waals surface area contributed by atoms with Crippen molar-refractivity contribution >= 4 is 39.1 Å². The van der Waals surface area contributed by atoms with E-state index in [9.17, 15) is 18.0 Å². The average Bonchev–Trinajstić information content (AvgIpc) is 2.81. The van der Waals surface area contributed by atoms with E-state index in [1.807, 2.05) is 12.1 Å². The molecular formula is C18H17ClN2O4S.